The highest BCUT2D eigenvalue weighted by Gasteiger charge is 2.35. The van der Waals surface area contributed by atoms with Crippen molar-refractivity contribution in [3.63, 3.8) is 0 Å². The lowest BCUT2D eigenvalue weighted by atomic mass is 10.2. The highest BCUT2D eigenvalue weighted by Crippen LogP contribution is 2.30. The minimum atomic E-state index is -3.40. The Kier molecular flexibility index (Phi) is 3.87. The third-order valence-corrected chi connectivity index (χ3v) is 6.73. The lowest BCUT2D eigenvalue weighted by Crippen LogP contribution is -2.37. The molecule has 4 nitrogen and oxygen atoms in total. The fraction of sp³-hybridized carbons (Fsp3) is 0.636. The zero-order valence-corrected chi connectivity index (χ0v) is 11.4. The fourth-order valence-corrected chi connectivity index (χ4v) is 5.22. The van der Waals surface area contributed by atoms with Gasteiger partial charge in [-0.15, -0.1) is 11.3 Å². The summed E-state index contributed by atoms with van der Waals surface area (Å²) in [5.74, 6) is 0. The van der Waals surface area contributed by atoms with Gasteiger partial charge in [-0.05, 0) is 31.4 Å². The fourth-order valence-electron chi connectivity index (χ4n) is 2.11. The summed E-state index contributed by atoms with van der Waals surface area (Å²) in [7, 11) is -3.40. The Morgan fingerprint density at radius 2 is 2.29 bits per heavy atom. The third-order valence-electron chi connectivity index (χ3n) is 3.08. The third kappa shape index (κ3) is 2.40. The van der Waals surface area contributed by atoms with Crippen molar-refractivity contribution in [2.24, 2.45) is 0 Å². The van der Waals surface area contributed by atoms with Gasteiger partial charge in [0.1, 0.15) is 4.21 Å². The lowest BCUT2D eigenvalue weighted by molar-refractivity contribution is 0.213. The molecule has 0 radical (unpaired) electrons. The molecule has 2 heterocycles. The van der Waals surface area contributed by atoms with Crippen LogP contribution in [0.25, 0.3) is 0 Å². The van der Waals surface area contributed by atoms with E-state index in [4.69, 9.17) is 0 Å². The molecule has 1 aliphatic rings. The standard InChI is InChI=1S/C11H17NO3S2/c1-2-10-5-6-11(16-10)17(14,15)12-7-3-4-9(12)8-13/h5-6,9,13H,2-4,7-8H2,1H3/t9-/m1/s1. The smallest absolute Gasteiger partial charge is 0.252 e. The van der Waals surface area contributed by atoms with Gasteiger partial charge >= 0.3 is 0 Å². The Morgan fingerprint density at radius 3 is 2.88 bits per heavy atom. The minimum absolute atomic E-state index is 0.0920. The molecule has 1 saturated heterocycles. The Hall–Kier alpha value is -0.430. The Bertz CT molecular complexity index is 481. The van der Waals surface area contributed by atoms with Gasteiger partial charge < -0.3 is 5.11 Å². The van der Waals surface area contributed by atoms with E-state index in [1.807, 2.05) is 13.0 Å². The molecule has 6 heteroatoms. The van der Waals surface area contributed by atoms with Gasteiger partial charge in [0.15, 0.2) is 0 Å². The Labute approximate surface area is 106 Å². The maximum Gasteiger partial charge on any atom is 0.252 e. The van der Waals surface area contributed by atoms with Gasteiger partial charge in [0, 0.05) is 17.5 Å². The van der Waals surface area contributed by atoms with Crippen molar-refractivity contribution < 1.29 is 13.5 Å². The van der Waals surface area contributed by atoms with E-state index in [1.54, 1.807) is 6.07 Å². The van der Waals surface area contributed by atoms with E-state index in [-0.39, 0.29) is 12.6 Å². The molecule has 0 spiro atoms. The van der Waals surface area contributed by atoms with Crippen molar-refractivity contribution in [2.45, 2.75) is 36.4 Å². The van der Waals surface area contributed by atoms with Gasteiger partial charge in [0.2, 0.25) is 0 Å². The van der Waals surface area contributed by atoms with E-state index < -0.39 is 10.0 Å². The molecule has 0 saturated carbocycles. The average molecular weight is 275 g/mol. The molecule has 0 bridgehead atoms. The summed E-state index contributed by atoms with van der Waals surface area (Å²) in [4.78, 5) is 1.07. The zero-order valence-electron chi connectivity index (χ0n) is 9.80. The van der Waals surface area contributed by atoms with Crippen LogP contribution in [-0.2, 0) is 16.4 Å². The van der Waals surface area contributed by atoms with Gasteiger partial charge in [0.05, 0.1) is 6.61 Å². The van der Waals surface area contributed by atoms with E-state index in [0.29, 0.717) is 10.8 Å². The van der Waals surface area contributed by atoms with Crippen molar-refractivity contribution >= 4 is 21.4 Å². The maximum atomic E-state index is 12.4. The topological polar surface area (TPSA) is 57.6 Å². The first-order valence-electron chi connectivity index (χ1n) is 5.81. The van der Waals surface area contributed by atoms with E-state index in [2.05, 4.69) is 0 Å². The van der Waals surface area contributed by atoms with Crippen LogP contribution in [0.15, 0.2) is 16.3 Å². The van der Waals surface area contributed by atoms with Crippen LogP contribution in [0.4, 0.5) is 0 Å². The van der Waals surface area contributed by atoms with Gasteiger partial charge in [0.25, 0.3) is 10.0 Å². The lowest BCUT2D eigenvalue weighted by Gasteiger charge is -2.21. The molecular formula is C11H17NO3S2. The summed E-state index contributed by atoms with van der Waals surface area (Å²) >= 11 is 1.33. The molecule has 1 aromatic heterocycles. The summed E-state index contributed by atoms with van der Waals surface area (Å²) in [5.41, 5.74) is 0. The van der Waals surface area contributed by atoms with E-state index in [0.717, 1.165) is 24.1 Å². The van der Waals surface area contributed by atoms with Gasteiger partial charge in [-0.25, -0.2) is 8.42 Å². The first-order chi connectivity index (χ1) is 8.09. The number of rotatable bonds is 4. The molecule has 0 aliphatic carbocycles. The second kappa shape index (κ2) is 5.06. The van der Waals surface area contributed by atoms with E-state index >= 15 is 0 Å². The van der Waals surface area contributed by atoms with Crippen molar-refractivity contribution in [3.8, 4) is 0 Å². The Morgan fingerprint density at radius 1 is 1.53 bits per heavy atom. The summed E-state index contributed by atoms with van der Waals surface area (Å²) < 4.78 is 26.6. The van der Waals surface area contributed by atoms with Crippen molar-refractivity contribution in [1.82, 2.24) is 4.31 Å². The summed E-state index contributed by atoms with van der Waals surface area (Å²) in [6.45, 7) is 2.44. The highest BCUT2D eigenvalue weighted by atomic mass is 32.2. The first kappa shape index (κ1) is 13.0. The van der Waals surface area contributed by atoms with Crippen molar-refractivity contribution in [1.29, 1.82) is 0 Å². The number of aliphatic hydroxyl groups excluding tert-OH is 1. The van der Waals surface area contributed by atoms with Crippen LogP contribution in [0.5, 0.6) is 0 Å². The van der Waals surface area contributed by atoms with Gasteiger partial charge in [-0.3, -0.25) is 0 Å². The van der Waals surface area contributed by atoms with Crippen molar-refractivity contribution in [2.75, 3.05) is 13.2 Å². The average Bonchev–Trinajstić information content (AvgIpc) is 2.97. The summed E-state index contributed by atoms with van der Waals surface area (Å²) in [5, 5.41) is 9.20. The number of aryl methyl sites for hydroxylation is 1. The predicted molar refractivity (Wildman–Crippen MR) is 67.7 cm³/mol. The molecule has 1 fully saturated rings. The van der Waals surface area contributed by atoms with Crippen LogP contribution in [0, 0.1) is 0 Å². The molecule has 96 valence electrons. The number of hydrogen-bond acceptors (Lipinski definition) is 4. The van der Waals surface area contributed by atoms with Crippen LogP contribution >= 0.6 is 11.3 Å². The molecule has 1 aliphatic heterocycles. The zero-order chi connectivity index (χ0) is 12.5. The number of aliphatic hydroxyl groups is 1. The molecule has 2 rings (SSSR count). The normalized spacial score (nSPS) is 22.1. The first-order valence-corrected chi connectivity index (χ1v) is 8.06. The molecule has 0 unspecified atom stereocenters. The largest absolute Gasteiger partial charge is 0.395 e. The second-order valence-electron chi connectivity index (χ2n) is 4.17. The van der Waals surface area contributed by atoms with Crippen LogP contribution in [0.2, 0.25) is 0 Å². The van der Waals surface area contributed by atoms with Gasteiger partial charge in [-0.2, -0.15) is 4.31 Å². The van der Waals surface area contributed by atoms with E-state index in [9.17, 15) is 13.5 Å². The minimum Gasteiger partial charge on any atom is -0.395 e. The second-order valence-corrected chi connectivity index (χ2v) is 7.45. The van der Waals surface area contributed by atoms with Crippen LogP contribution in [0.1, 0.15) is 24.6 Å². The summed E-state index contributed by atoms with van der Waals surface area (Å²) in [6, 6.07) is 3.29. The van der Waals surface area contributed by atoms with Crippen LogP contribution in [0.3, 0.4) is 0 Å². The molecule has 17 heavy (non-hydrogen) atoms. The number of sulfonamides is 1. The monoisotopic (exact) mass is 275 g/mol. The number of thiophene rings is 1. The van der Waals surface area contributed by atoms with Crippen LogP contribution in [-0.4, -0.2) is 37.0 Å². The van der Waals surface area contributed by atoms with Gasteiger partial charge in [-0.1, -0.05) is 6.92 Å². The highest BCUT2D eigenvalue weighted by molar-refractivity contribution is 7.91. The molecule has 0 aromatic carbocycles. The van der Waals surface area contributed by atoms with Crippen molar-refractivity contribution in [3.05, 3.63) is 17.0 Å². The molecule has 1 atom stereocenters. The number of nitrogens with zero attached hydrogens (tertiary/aromatic N) is 1. The predicted octanol–water partition coefficient (Wildman–Crippen LogP) is 1.46. The maximum absolute atomic E-state index is 12.4. The molecule has 1 aromatic rings. The summed E-state index contributed by atoms with van der Waals surface area (Å²) in [6.07, 6.45) is 2.43. The molecule has 0 amide bonds. The molecular weight excluding hydrogens is 258 g/mol. The van der Waals surface area contributed by atoms with Crippen LogP contribution < -0.4 is 0 Å². The quantitative estimate of drug-likeness (QED) is 0.905. The number of hydrogen-bond donors (Lipinski definition) is 1. The Balaban J connectivity index is 2.29. The molecule has 1 N–H and O–H groups in total. The SMILES string of the molecule is CCc1ccc(S(=O)(=O)N2CCC[C@@H]2CO)s1. The van der Waals surface area contributed by atoms with E-state index in [1.165, 1.54) is 15.6 Å².